The maximum atomic E-state index is 12.5. The summed E-state index contributed by atoms with van der Waals surface area (Å²) in [7, 11) is -0.510. The van der Waals surface area contributed by atoms with Crippen molar-refractivity contribution in [2.24, 2.45) is 11.8 Å². The van der Waals surface area contributed by atoms with E-state index in [0.717, 1.165) is 4.90 Å². The van der Waals surface area contributed by atoms with E-state index >= 15 is 0 Å². The summed E-state index contributed by atoms with van der Waals surface area (Å²) >= 11 is 1.51. The summed E-state index contributed by atoms with van der Waals surface area (Å²) in [6.07, 6.45) is 0. The van der Waals surface area contributed by atoms with Gasteiger partial charge < -0.3 is 4.90 Å². The molecule has 1 aromatic carbocycles. The van der Waals surface area contributed by atoms with Crippen molar-refractivity contribution in [1.29, 1.82) is 0 Å². The molecule has 8 heteroatoms. The number of nitrogens with one attached hydrogen (secondary N) is 1. The SMILES string of the molecule is CC(C)C1CN(C(=O)CSc2ccccc2)CC1NS(=O)(=O)N(C)C. The van der Waals surface area contributed by atoms with Gasteiger partial charge in [0.2, 0.25) is 5.91 Å². The maximum absolute atomic E-state index is 12.5. The lowest BCUT2D eigenvalue weighted by molar-refractivity contribution is -0.127. The number of likely N-dealkylation sites (tertiary alicyclic amines) is 1. The van der Waals surface area contributed by atoms with Gasteiger partial charge in [0.25, 0.3) is 10.2 Å². The molecule has 0 saturated carbocycles. The normalized spacial score (nSPS) is 21.3. The number of nitrogens with zero attached hydrogens (tertiary/aromatic N) is 2. The molecule has 2 unspecified atom stereocenters. The number of rotatable bonds is 7. The lowest BCUT2D eigenvalue weighted by Gasteiger charge is -2.24. The average Bonchev–Trinajstić information content (AvgIpc) is 2.97. The zero-order valence-corrected chi connectivity index (χ0v) is 16.8. The van der Waals surface area contributed by atoms with E-state index in [-0.39, 0.29) is 23.8 Å². The fourth-order valence-electron chi connectivity index (χ4n) is 2.88. The average molecular weight is 386 g/mol. The first-order chi connectivity index (χ1) is 11.7. The molecular formula is C17H27N3O3S2. The van der Waals surface area contributed by atoms with Crippen molar-refractivity contribution in [1.82, 2.24) is 13.9 Å². The molecule has 25 heavy (non-hydrogen) atoms. The van der Waals surface area contributed by atoms with E-state index in [1.807, 2.05) is 30.3 Å². The standard InChI is InChI=1S/C17H27N3O3S2/c1-13(2)15-10-20(11-16(15)18-25(22,23)19(3)4)17(21)12-24-14-8-6-5-7-9-14/h5-9,13,15-16,18H,10-12H2,1-4H3. The first-order valence-electron chi connectivity index (χ1n) is 8.36. The van der Waals surface area contributed by atoms with Gasteiger partial charge in [-0.3, -0.25) is 4.79 Å². The molecule has 2 atom stereocenters. The minimum atomic E-state index is -3.51. The van der Waals surface area contributed by atoms with Crippen LogP contribution in [0.5, 0.6) is 0 Å². The third-order valence-electron chi connectivity index (χ3n) is 4.46. The van der Waals surface area contributed by atoms with Crippen LogP contribution in [0, 0.1) is 11.8 Å². The van der Waals surface area contributed by atoms with Crippen LogP contribution in [0.1, 0.15) is 13.8 Å². The van der Waals surface area contributed by atoms with E-state index in [2.05, 4.69) is 18.6 Å². The first kappa shape index (κ1) is 20.2. The van der Waals surface area contributed by atoms with Gasteiger partial charge in [-0.2, -0.15) is 17.4 Å². The molecule has 6 nitrogen and oxygen atoms in total. The molecule has 1 aromatic rings. The van der Waals surface area contributed by atoms with Crippen molar-refractivity contribution in [3.8, 4) is 0 Å². The molecule has 0 spiro atoms. The minimum Gasteiger partial charge on any atom is -0.340 e. The number of hydrogen-bond acceptors (Lipinski definition) is 4. The fourth-order valence-corrected chi connectivity index (χ4v) is 4.55. The summed E-state index contributed by atoms with van der Waals surface area (Å²) < 4.78 is 28.2. The van der Waals surface area contributed by atoms with Crippen molar-refractivity contribution < 1.29 is 13.2 Å². The number of hydrogen-bond donors (Lipinski definition) is 1. The zero-order valence-electron chi connectivity index (χ0n) is 15.2. The van der Waals surface area contributed by atoms with Gasteiger partial charge in [-0.1, -0.05) is 32.0 Å². The van der Waals surface area contributed by atoms with Gasteiger partial charge in [0.05, 0.1) is 5.75 Å². The maximum Gasteiger partial charge on any atom is 0.279 e. The van der Waals surface area contributed by atoms with Crippen LogP contribution in [0.4, 0.5) is 0 Å². The highest BCUT2D eigenvalue weighted by Crippen LogP contribution is 2.26. The molecule has 1 saturated heterocycles. The second kappa shape index (κ2) is 8.53. The third-order valence-corrected chi connectivity index (χ3v) is 7.02. The number of amides is 1. The van der Waals surface area contributed by atoms with E-state index in [1.54, 1.807) is 4.90 Å². The molecule has 2 rings (SSSR count). The second-order valence-corrected chi connectivity index (χ2v) is 9.78. The van der Waals surface area contributed by atoms with Crippen molar-refractivity contribution in [3.63, 3.8) is 0 Å². The Bertz CT molecular complexity index is 678. The van der Waals surface area contributed by atoms with E-state index in [9.17, 15) is 13.2 Å². The van der Waals surface area contributed by atoms with E-state index in [4.69, 9.17) is 0 Å². The molecule has 1 heterocycles. The summed E-state index contributed by atoms with van der Waals surface area (Å²) in [5, 5.41) is 0. The molecule has 140 valence electrons. The summed E-state index contributed by atoms with van der Waals surface area (Å²) in [4.78, 5) is 15.4. The topological polar surface area (TPSA) is 69.7 Å². The first-order valence-corrected chi connectivity index (χ1v) is 10.8. The predicted molar refractivity (Wildman–Crippen MR) is 102 cm³/mol. The van der Waals surface area contributed by atoms with Crippen LogP contribution in [-0.4, -0.2) is 62.5 Å². The fraction of sp³-hybridized carbons (Fsp3) is 0.588. The van der Waals surface area contributed by atoms with Gasteiger partial charge in [0.15, 0.2) is 0 Å². The zero-order chi connectivity index (χ0) is 18.6. The monoisotopic (exact) mass is 385 g/mol. The van der Waals surface area contributed by atoms with Crippen molar-refractivity contribution in [2.45, 2.75) is 24.8 Å². The molecule has 0 aromatic heterocycles. The minimum absolute atomic E-state index is 0.0473. The Morgan fingerprint density at radius 3 is 2.48 bits per heavy atom. The Labute approximate surface area is 155 Å². The highest BCUT2D eigenvalue weighted by molar-refractivity contribution is 8.00. The van der Waals surface area contributed by atoms with Crippen molar-refractivity contribution in [3.05, 3.63) is 30.3 Å². The van der Waals surface area contributed by atoms with Crippen LogP contribution in [0.2, 0.25) is 0 Å². The molecule has 1 aliphatic heterocycles. The van der Waals surface area contributed by atoms with E-state index < -0.39 is 10.2 Å². The number of carbonyl (C=O) groups excluding carboxylic acids is 1. The lowest BCUT2D eigenvalue weighted by atomic mass is 9.92. The van der Waals surface area contributed by atoms with Crippen molar-refractivity contribution in [2.75, 3.05) is 32.9 Å². The van der Waals surface area contributed by atoms with E-state index in [0.29, 0.717) is 18.8 Å². The highest BCUT2D eigenvalue weighted by atomic mass is 32.2. The molecule has 0 aliphatic carbocycles. The van der Waals surface area contributed by atoms with Crippen LogP contribution in [0.3, 0.4) is 0 Å². The van der Waals surface area contributed by atoms with Gasteiger partial charge in [-0.05, 0) is 24.0 Å². The van der Waals surface area contributed by atoms with Crippen molar-refractivity contribution >= 4 is 27.9 Å². The molecule has 0 bridgehead atoms. The summed E-state index contributed by atoms with van der Waals surface area (Å²) in [6.45, 7) is 5.14. The number of thioether (sulfide) groups is 1. The highest BCUT2D eigenvalue weighted by Gasteiger charge is 2.39. The van der Waals surface area contributed by atoms with Gasteiger partial charge in [-0.15, -0.1) is 11.8 Å². The van der Waals surface area contributed by atoms with Gasteiger partial charge in [0, 0.05) is 38.1 Å². The third kappa shape index (κ3) is 5.44. The molecular weight excluding hydrogens is 358 g/mol. The Kier molecular flexibility index (Phi) is 6.90. The van der Waals surface area contributed by atoms with Gasteiger partial charge >= 0.3 is 0 Å². The number of benzene rings is 1. The summed E-state index contributed by atoms with van der Waals surface area (Å²) in [5.74, 6) is 0.808. The Balaban J connectivity index is 1.99. The van der Waals surface area contributed by atoms with Crippen LogP contribution in [-0.2, 0) is 15.0 Å². The number of carbonyl (C=O) groups is 1. The molecule has 1 N–H and O–H groups in total. The van der Waals surface area contributed by atoms with Crippen LogP contribution in [0.15, 0.2) is 35.2 Å². The quantitative estimate of drug-likeness (QED) is 0.725. The predicted octanol–water partition coefficient (Wildman–Crippen LogP) is 1.66. The Morgan fingerprint density at radius 2 is 1.92 bits per heavy atom. The summed E-state index contributed by atoms with van der Waals surface area (Å²) in [5.41, 5.74) is 0. The molecule has 1 fully saturated rings. The molecule has 1 amide bonds. The Hall–Kier alpha value is -1.09. The molecule has 1 aliphatic rings. The molecule has 0 radical (unpaired) electrons. The Morgan fingerprint density at radius 1 is 1.28 bits per heavy atom. The van der Waals surface area contributed by atoms with Crippen LogP contribution < -0.4 is 4.72 Å². The van der Waals surface area contributed by atoms with Crippen LogP contribution in [0.25, 0.3) is 0 Å². The summed E-state index contributed by atoms with van der Waals surface area (Å²) in [6, 6.07) is 9.55. The van der Waals surface area contributed by atoms with E-state index in [1.165, 1.54) is 30.2 Å². The van der Waals surface area contributed by atoms with Gasteiger partial charge in [-0.25, -0.2) is 0 Å². The van der Waals surface area contributed by atoms with Gasteiger partial charge in [0.1, 0.15) is 0 Å². The second-order valence-electron chi connectivity index (χ2n) is 6.82. The smallest absolute Gasteiger partial charge is 0.279 e. The van der Waals surface area contributed by atoms with Crippen LogP contribution >= 0.6 is 11.8 Å². The largest absolute Gasteiger partial charge is 0.340 e. The lowest BCUT2D eigenvalue weighted by Crippen LogP contribution is -2.46.